The maximum atomic E-state index is 11.3. The molecule has 1 aromatic carbocycles. The van der Waals surface area contributed by atoms with Crippen LogP contribution in [-0.4, -0.2) is 33.1 Å². The summed E-state index contributed by atoms with van der Waals surface area (Å²) in [7, 11) is 2.16. The smallest absolute Gasteiger partial charge is 0.108 e. The zero-order valence-corrected chi connectivity index (χ0v) is 16.2. The SMILES string of the molecule is Cc1ccc2c(c1)c1c(n2CC(C)(O)c2cnccc2Cl)CCN(C)C1. The first-order valence-corrected chi connectivity index (χ1v) is 9.36. The van der Waals surface area contributed by atoms with Crippen LogP contribution in [-0.2, 0) is 25.1 Å². The number of pyridine rings is 1. The Hall–Kier alpha value is -1.88. The van der Waals surface area contributed by atoms with E-state index in [1.807, 2.05) is 6.92 Å². The number of fused-ring (bicyclic) bond motifs is 3. The molecule has 1 aliphatic heterocycles. The number of aliphatic hydroxyl groups is 1. The number of nitrogens with zero attached hydrogens (tertiary/aromatic N) is 3. The third-order valence-corrected chi connectivity index (χ3v) is 5.74. The van der Waals surface area contributed by atoms with Gasteiger partial charge in [0.05, 0.1) is 6.54 Å². The zero-order chi connectivity index (χ0) is 18.5. The molecule has 3 aromatic rings. The molecule has 1 N–H and O–H groups in total. The van der Waals surface area contributed by atoms with Crippen molar-refractivity contribution in [1.29, 1.82) is 0 Å². The Labute approximate surface area is 159 Å². The lowest BCUT2D eigenvalue weighted by Crippen LogP contribution is -2.32. The lowest BCUT2D eigenvalue weighted by atomic mass is 9.97. The van der Waals surface area contributed by atoms with Crippen LogP contribution < -0.4 is 0 Å². The summed E-state index contributed by atoms with van der Waals surface area (Å²) < 4.78 is 2.28. The molecule has 0 amide bonds. The molecule has 26 heavy (non-hydrogen) atoms. The highest BCUT2D eigenvalue weighted by Crippen LogP contribution is 2.35. The van der Waals surface area contributed by atoms with E-state index in [0.29, 0.717) is 17.1 Å². The molecule has 0 bridgehead atoms. The Morgan fingerprint density at radius 1 is 1.31 bits per heavy atom. The maximum absolute atomic E-state index is 11.3. The van der Waals surface area contributed by atoms with E-state index >= 15 is 0 Å². The highest BCUT2D eigenvalue weighted by Gasteiger charge is 2.30. The molecule has 1 aliphatic rings. The van der Waals surface area contributed by atoms with Crippen molar-refractivity contribution in [3.63, 3.8) is 0 Å². The van der Waals surface area contributed by atoms with E-state index in [4.69, 9.17) is 11.6 Å². The second kappa shape index (κ2) is 6.38. The van der Waals surface area contributed by atoms with Crippen molar-refractivity contribution < 1.29 is 5.11 Å². The van der Waals surface area contributed by atoms with Crippen LogP contribution in [0.3, 0.4) is 0 Å². The molecule has 0 aliphatic carbocycles. The number of hydrogen-bond acceptors (Lipinski definition) is 3. The number of benzene rings is 1. The number of rotatable bonds is 3. The van der Waals surface area contributed by atoms with E-state index < -0.39 is 5.60 Å². The molecule has 0 fully saturated rings. The Morgan fingerprint density at radius 3 is 2.88 bits per heavy atom. The van der Waals surface area contributed by atoms with E-state index in [1.54, 1.807) is 18.5 Å². The van der Waals surface area contributed by atoms with Crippen molar-refractivity contribution in [1.82, 2.24) is 14.5 Å². The molecule has 0 saturated heterocycles. The number of aromatic nitrogens is 2. The monoisotopic (exact) mass is 369 g/mol. The predicted octanol–water partition coefficient (Wildman–Crippen LogP) is 3.89. The molecule has 3 heterocycles. The standard InChI is InChI=1S/C21H24ClN3O/c1-14-4-5-19-15(10-14)16-12-24(3)9-7-20(16)25(19)13-21(2,26)17-11-23-8-6-18(17)22/h4-6,8,10-11,26H,7,9,12-13H2,1-3H3. The minimum absolute atomic E-state index is 0.455. The molecule has 0 radical (unpaired) electrons. The molecule has 0 saturated carbocycles. The number of hydrogen-bond donors (Lipinski definition) is 1. The number of halogens is 1. The largest absolute Gasteiger partial charge is 0.383 e. The summed E-state index contributed by atoms with van der Waals surface area (Å²) >= 11 is 6.33. The average Bonchev–Trinajstić information content (AvgIpc) is 2.87. The van der Waals surface area contributed by atoms with Crippen molar-refractivity contribution in [2.24, 2.45) is 0 Å². The lowest BCUT2D eigenvalue weighted by molar-refractivity contribution is 0.0383. The van der Waals surface area contributed by atoms with Gasteiger partial charge in [0.25, 0.3) is 0 Å². The van der Waals surface area contributed by atoms with Gasteiger partial charge in [-0.05, 0) is 44.7 Å². The maximum Gasteiger partial charge on any atom is 0.108 e. The fourth-order valence-electron chi connectivity index (χ4n) is 4.05. The highest BCUT2D eigenvalue weighted by molar-refractivity contribution is 6.31. The second-order valence-electron chi connectivity index (χ2n) is 7.65. The van der Waals surface area contributed by atoms with Crippen LogP contribution in [0.2, 0.25) is 5.02 Å². The molecule has 4 nitrogen and oxygen atoms in total. The Morgan fingerprint density at radius 2 is 2.12 bits per heavy atom. The van der Waals surface area contributed by atoms with E-state index in [-0.39, 0.29) is 0 Å². The van der Waals surface area contributed by atoms with Crippen LogP contribution in [0.5, 0.6) is 0 Å². The third-order valence-electron chi connectivity index (χ3n) is 5.41. The fraction of sp³-hybridized carbons (Fsp3) is 0.381. The summed E-state index contributed by atoms with van der Waals surface area (Å²) in [6, 6.07) is 8.30. The van der Waals surface area contributed by atoms with Crippen LogP contribution in [0, 0.1) is 6.92 Å². The van der Waals surface area contributed by atoms with E-state index in [9.17, 15) is 5.11 Å². The summed E-state index contributed by atoms with van der Waals surface area (Å²) in [6.07, 6.45) is 4.29. The fourth-order valence-corrected chi connectivity index (χ4v) is 4.35. The number of likely N-dealkylation sites (N-methyl/N-ethyl adjacent to an activating group) is 1. The molecule has 4 rings (SSSR count). The van der Waals surface area contributed by atoms with E-state index in [0.717, 1.165) is 19.5 Å². The molecule has 5 heteroatoms. The molecule has 1 atom stereocenters. The minimum Gasteiger partial charge on any atom is -0.383 e. The molecule has 1 unspecified atom stereocenters. The Balaban J connectivity index is 1.86. The lowest BCUT2D eigenvalue weighted by Gasteiger charge is -2.29. The van der Waals surface area contributed by atoms with Gasteiger partial charge in [0.15, 0.2) is 0 Å². The van der Waals surface area contributed by atoms with Gasteiger partial charge in [-0.25, -0.2) is 0 Å². The summed E-state index contributed by atoms with van der Waals surface area (Å²) in [5, 5.41) is 13.1. The molecular weight excluding hydrogens is 346 g/mol. The van der Waals surface area contributed by atoms with Gasteiger partial charge in [-0.2, -0.15) is 0 Å². The predicted molar refractivity (Wildman–Crippen MR) is 106 cm³/mol. The van der Waals surface area contributed by atoms with Crippen molar-refractivity contribution in [2.75, 3.05) is 13.6 Å². The topological polar surface area (TPSA) is 41.3 Å². The van der Waals surface area contributed by atoms with E-state index in [1.165, 1.54) is 27.7 Å². The van der Waals surface area contributed by atoms with Crippen LogP contribution in [0.25, 0.3) is 10.9 Å². The zero-order valence-electron chi connectivity index (χ0n) is 15.5. The minimum atomic E-state index is -1.10. The summed E-state index contributed by atoms with van der Waals surface area (Å²) in [4.78, 5) is 6.50. The van der Waals surface area contributed by atoms with Crippen molar-refractivity contribution in [2.45, 2.75) is 39.0 Å². The summed E-state index contributed by atoms with van der Waals surface area (Å²) in [5.41, 5.74) is 4.70. The van der Waals surface area contributed by atoms with Crippen molar-refractivity contribution in [3.8, 4) is 0 Å². The van der Waals surface area contributed by atoms with Crippen molar-refractivity contribution >= 4 is 22.5 Å². The van der Waals surface area contributed by atoms with Gasteiger partial charge in [-0.1, -0.05) is 23.2 Å². The number of aryl methyl sites for hydroxylation is 1. The van der Waals surface area contributed by atoms with Crippen LogP contribution >= 0.6 is 11.6 Å². The molecular formula is C21H24ClN3O. The second-order valence-corrected chi connectivity index (χ2v) is 8.06. The van der Waals surface area contributed by atoms with Gasteiger partial charge < -0.3 is 14.6 Å². The first-order chi connectivity index (χ1) is 12.4. The Bertz CT molecular complexity index is 977. The van der Waals surface area contributed by atoms with Crippen molar-refractivity contribution in [3.05, 3.63) is 64.1 Å². The average molecular weight is 370 g/mol. The van der Waals surface area contributed by atoms with Gasteiger partial charge in [0, 0.05) is 59.1 Å². The molecule has 136 valence electrons. The van der Waals surface area contributed by atoms with E-state index in [2.05, 4.69) is 46.6 Å². The molecule has 0 spiro atoms. The van der Waals surface area contributed by atoms with Gasteiger partial charge >= 0.3 is 0 Å². The molecule has 2 aromatic heterocycles. The van der Waals surface area contributed by atoms with Crippen LogP contribution in [0.15, 0.2) is 36.7 Å². The summed E-state index contributed by atoms with van der Waals surface area (Å²) in [6.45, 7) is 6.37. The first kappa shape index (κ1) is 17.5. The Kier molecular flexibility index (Phi) is 4.30. The van der Waals surface area contributed by atoms with Crippen LogP contribution in [0.1, 0.15) is 29.3 Å². The normalized spacial score (nSPS) is 17.3. The highest BCUT2D eigenvalue weighted by atomic mass is 35.5. The van der Waals surface area contributed by atoms with Crippen LogP contribution in [0.4, 0.5) is 0 Å². The first-order valence-electron chi connectivity index (χ1n) is 8.98. The summed E-state index contributed by atoms with van der Waals surface area (Å²) in [5.74, 6) is 0. The van der Waals surface area contributed by atoms with Gasteiger partial charge in [-0.15, -0.1) is 0 Å². The quantitative estimate of drug-likeness (QED) is 0.761. The third kappa shape index (κ3) is 2.92. The van der Waals surface area contributed by atoms with Gasteiger partial charge in [-0.3, -0.25) is 4.98 Å². The van der Waals surface area contributed by atoms with Gasteiger partial charge in [0.1, 0.15) is 5.60 Å². The van der Waals surface area contributed by atoms with Gasteiger partial charge in [0.2, 0.25) is 0 Å².